The Labute approximate surface area is 218 Å². The maximum Gasteiger partial charge on any atom is 0.313 e. The third-order valence-electron chi connectivity index (χ3n) is 5.41. The number of Topliss-reactive ketones (excluding diaryl/α,β-unsaturated/α-hetero) is 1. The van der Waals surface area contributed by atoms with Gasteiger partial charge >= 0.3 is 5.97 Å². The Bertz CT molecular complexity index is 1220. The molecule has 1 heterocycles. The molecular formula is C26H36FN3O6S. The van der Waals surface area contributed by atoms with E-state index in [0.717, 1.165) is 10.6 Å². The molecule has 1 aliphatic rings. The molecule has 0 fully saturated rings. The number of anilines is 1. The molecule has 2 rings (SSSR count). The zero-order valence-corrected chi connectivity index (χ0v) is 23.2. The van der Waals surface area contributed by atoms with Gasteiger partial charge in [-0.15, -0.1) is 0 Å². The average Bonchev–Trinajstić information content (AvgIpc) is 2.75. The van der Waals surface area contributed by atoms with Crippen LogP contribution in [0.4, 0.5) is 10.3 Å². The lowest BCUT2D eigenvalue weighted by molar-refractivity contribution is -0.156. The fraction of sp³-hybridized carbons (Fsp3) is 0.538. The first-order valence-corrected chi connectivity index (χ1v) is 13.8. The fourth-order valence-corrected chi connectivity index (χ4v) is 3.97. The number of carbonyl (C=O) groups excluding carboxylic acids is 2. The van der Waals surface area contributed by atoms with Crippen molar-refractivity contribution in [2.75, 3.05) is 17.6 Å². The van der Waals surface area contributed by atoms with Gasteiger partial charge < -0.3 is 9.84 Å². The predicted molar refractivity (Wildman–Crippen MR) is 140 cm³/mol. The van der Waals surface area contributed by atoms with Gasteiger partial charge in [-0.3, -0.25) is 9.59 Å². The fourth-order valence-electron chi connectivity index (χ4n) is 3.59. The van der Waals surface area contributed by atoms with Crippen molar-refractivity contribution in [2.45, 2.75) is 77.4 Å². The Morgan fingerprint density at radius 3 is 2.46 bits per heavy atom. The van der Waals surface area contributed by atoms with E-state index in [-0.39, 0.29) is 30.0 Å². The number of rotatable bonds is 10. The summed E-state index contributed by atoms with van der Waals surface area (Å²) < 4.78 is 44.1. The number of carbonyl (C=O) groups is 2. The van der Waals surface area contributed by atoms with Crippen molar-refractivity contribution in [2.24, 2.45) is 0 Å². The van der Waals surface area contributed by atoms with Crippen molar-refractivity contribution in [1.29, 1.82) is 0 Å². The van der Waals surface area contributed by atoms with Crippen LogP contribution >= 0.6 is 0 Å². The number of aliphatic hydroxyl groups is 1. The normalized spacial score (nSPS) is 17.1. The standard InChI is InChI=1S/C26H36FN3O6S/c1-16(2)23-21(13-12-19(31)14-20(32)15-22(33)36-26(3,4)5)24(17-8-10-18(27)11-9-17)29-25(28-23)30(6)37(7,34)35/h8,10-13,16-17,19,31H,9,14-15H2,1-7H3/b13-12+/t17?,19-/m1/s1. The number of allylic oxidation sites excluding steroid dienone is 4. The number of sulfonamides is 1. The lowest BCUT2D eigenvalue weighted by Crippen LogP contribution is -2.28. The first kappa shape index (κ1) is 30.3. The highest BCUT2D eigenvalue weighted by atomic mass is 32.2. The number of esters is 1. The Morgan fingerprint density at radius 1 is 1.30 bits per heavy atom. The summed E-state index contributed by atoms with van der Waals surface area (Å²) in [5.41, 5.74) is 0.822. The minimum Gasteiger partial charge on any atom is -0.460 e. The van der Waals surface area contributed by atoms with E-state index >= 15 is 0 Å². The minimum absolute atomic E-state index is 0.0186. The number of ether oxygens (including phenoxy) is 1. The summed E-state index contributed by atoms with van der Waals surface area (Å²) in [6.45, 7) is 8.85. The zero-order valence-electron chi connectivity index (χ0n) is 22.4. The van der Waals surface area contributed by atoms with Crippen LogP contribution < -0.4 is 4.31 Å². The largest absolute Gasteiger partial charge is 0.460 e. The molecule has 204 valence electrons. The summed E-state index contributed by atoms with van der Waals surface area (Å²) in [6, 6.07) is 0. The molecular weight excluding hydrogens is 501 g/mol. The van der Waals surface area contributed by atoms with Gasteiger partial charge in [-0.2, -0.15) is 0 Å². The van der Waals surface area contributed by atoms with Crippen LogP contribution in [0, 0.1) is 0 Å². The highest BCUT2D eigenvalue weighted by Gasteiger charge is 2.26. The summed E-state index contributed by atoms with van der Waals surface area (Å²) in [4.78, 5) is 33.2. The molecule has 9 nitrogen and oxygen atoms in total. The molecule has 0 saturated heterocycles. The number of halogens is 1. The van der Waals surface area contributed by atoms with Gasteiger partial charge in [0.25, 0.3) is 0 Å². The number of hydrogen-bond acceptors (Lipinski definition) is 8. The van der Waals surface area contributed by atoms with Crippen LogP contribution in [0.1, 0.15) is 82.7 Å². The molecule has 1 aliphatic carbocycles. The molecule has 1 aromatic rings. The van der Waals surface area contributed by atoms with Crippen LogP contribution in [0.15, 0.2) is 30.1 Å². The van der Waals surface area contributed by atoms with Crippen LogP contribution in [-0.4, -0.2) is 60.3 Å². The lowest BCUT2D eigenvalue weighted by Gasteiger charge is -2.23. The van der Waals surface area contributed by atoms with Gasteiger partial charge in [-0.05, 0) is 45.3 Å². The summed E-state index contributed by atoms with van der Waals surface area (Å²) in [6.07, 6.45) is 6.78. The smallest absolute Gasteiger partial charge is 0.313 e. The van der Waals surface area contributed by atoms with Crippen molar-refractivity contribution >= 4 is 33.8 Å². The van der Waals surface area contributed by atoms with Gasteiger partial charge in [0, 0.05) is 24.9 Å². The number of aliphatic hydroxyl groups excluding tert-OH is 1. The average molecular weight is 538 g/mol. The summed E-state index contributed by atoms with van der Waals surface area (Å²) in [5, 5.41) is 10.5. The first-order valence-electron chi connectivity index (χ1n) is 12.0. The Balaban J connectivity index is 2.41. The van der Waals surface area contributed by atoms with E-state index in [2.05, 4.69) is 9.97 Å². The Morgan fingerprint density at radius 2 is 1.95 bits per heavy atom. The number of nitrogens with zero attached hydrogens (tertiary/aromatic N) is 3. The van der Waals surface area contributed by atoms with Crippen LogP contribution in [0.25, 0.3) is 6.08 Å². The SMILES string of the molecule is CC(C)c1nc(N(C)S(C)(=O)=O)nc(C2C=CC(F)=CC2)c1/C=C/[C@@H](O)CC(=O)CC(=O)OC(C)(C)C. The summed E-state index contributed by atoms with van der Waals surface area (Å²) >= 11 is 0. The Hall–Kier alpha value is -2.92. The van der Waals surface area contributed by atoms with Gasteiger partial charge in [0.05, 0.1) is 23.7 Å². The molecule has 0 amide bonds. The van der Waals surface area contributed by atoms with E-state index < -0.39 is 39.9 Å². The highest BCUT2D eigenvalue weighted by molar-refractivity contribution is 7.92. The molecule has 0 bridgehead atoms. The van der Waals surface area contributed by atoms with Gasteiger partial charge in [0.1, 0.15) is 23.6 Å². The van der Waals surface area contributed by atoms with Crippen LogP contribution in [-0.2, 0) is 24.3 Å². The topological polar surface area (TPSA) is 127 Å². The molecule has 0 spiro atoms. The molecule has 0 radical (unpaired) electrons. The second-order valence-electron chi connectivity index (χ2n) is 10.3. The number of hydrogen-bond donors (Lipinski definition) is 1. The number of ketones is 1. The predicted octanol–water partition coefficient (Wildman–Crippen LogP) is 3.96. The molecule has 11 heteroatoms. The van der Waals surface area contributed by atoms with Crippen LogP contribution in [0.2, 0.25) is 0 Å². The van der Waals surface area contributed by atoms with Crippen molar-refractivity contribution in [3.8, 4) is 0 Å². The van der Waals surface area contributed by atoms with Crippen molar-refractivity contribution < 1.29 is 32.2 Å². The monoisotopic (exact) mass is 537 g/mol. The molecule has 1 unspecified atom stereocenters. The van der Waals surface area contributed by atoms with Gasteiger partial charge in [0.15, 0.2) is 0 Å². The second-order valence-corrected chi connectivity index (χ2v) is 12.3. The van der Waals surface area contributed by atoms with Crippen molar-refractivity contribution in [3.63, 3.8) is 0 Å². The molecule has 1 N–H and O–H groups in total. The van der Waals surface area contributed by atoms with Gasteiger partial charge in [0.2, 0.25) is 16.0 Å². The Kier molecular flexibility index (Phi) is 9.90. The lowest BCUT2D eigenvalue weighted by atomic mass is 9.90. The third-order valence-corrected chi connectivity index (χ3v) is 6.57. The zero-order chi connectivity index (χ0) is 28.1. The summed E-state index contributed by atoms with van der Waals surface area (Å²) in [7, 11) is -2.29. The van der Waals surface area contributed by atoms with E-state index in [1.807, 2.05) is 13.8 Å². The molecule has 0 aromatic carbocycles. The van der Waals surface area contributed by atoms with Gasteiger partial charge in [-0.25, -0.2) is 27.1 Å². The molecule has 37 heavy (non-hydrogen) atoms. The maximum atomic E-state index is 13.6. The molecule has 0 saturated carbocycles. The third kappa shape index (κ3) is 9.15. The maximum absolute atomic E-state index is 13.6. The van der Waals surface area contributed by atoms with E-state index in [9.17, 15) is 27.5 Å². The number of aromatic nitrogens is 2. The van der Waals surface area contributed by atoms with Gasteiger partial charge in [-0.1, -0.05) is 32.1 Å². The second kappa shape index (κ2) is 12.1. The summed E-state index contributed by atoms with van der Waals surface area (Å²) in [5.74, 6) is -2.06. The molecule has 0 aliphatic heterocycles. The van der Waals surface area contributed by atoms with E-state index in [1.54, 1.807) is 32.9 Å². The highest BCUT2D eigenvalue weighted by Crippen LogP contribution is 2.34. The molecule has 1 aromatic heterocycles. The van der Waals surface area contributed by atoms with E-state index in [1.165, 1.54) is 25.3 Å². The first-order chi connectivity index (χ1) is 17.0. The minimum atomic E-state index is -3.64. The van der Waals surface area contributed by atoms with E-state index in [4.69, 9.17) is 4.74 Å². The van der Waals surface area contributed by atoms with Crippen molar-refractivity contribution in [3.05, 3.63) is 47.1 Å². The van der Waals surface area contributed by atoms with E-state index in [0.29, 0.717) is 23.4 Å². The van der Waals surface area contributed by atoms with Crippen LogP contribution in [0.3, 0.4) is 0 Å². The van der Waals surface area contributed by atoms with Crippen LogP contribution in [0.5, 0.6) is 0 Å². The quantitative estimate of drug-likeness (QED) is 0.351. The molecule has 2 atom stereocenters. The van der Waals surface area contributed by atoms with Crippen molar-refractivity contribution in [1.82, 2.24) is 9.97 Å².